The lowest BCUT2D eigenvalue weighted by Gasteiger charge is -2.20. The number of thiophene rings is 1. The number of aryl methyl sites for hydroxylation is 2. The summed E-state index contributed by atoms with van der Waals surface area (Å²) in [5.74, 6) is 1.02. The minimum absolute atomic E-state index is 0.287. The van der Waals surface area contributed by atoms with Gasteiger partial charge in [-0.2, -0.15) is 0 Å². The second-order valence-electron chi connectivity index (χ2n) is 4.73. The second kappa shape index (κ2) is 5.72. The number of hydrogen-bond acceptors (Lipinski definition) is 3. The first-order valence-electron chi connectivity index (χ1n) is 6.48. The Kier molecular flexibility index (Phi) is 4.25. The molecule has 3 heteroatoms. The molecule has 1 N–H and O–H groups in total. The molecule has 0 bridgehead atoms. The van der Waals surface area contributed by atoms with Crippen molar-refractivity contribution in [2.24, 2.45) is 0 Å². The lowest BCUT2D eigenvalue weighted by Crippen LogP contribution is -2.24. The van der Waals surface area contributed by atoms with E-state index in [1.165, 1.54) is 15.3 Å². The third kappa shape index (κ3) is 2.85. The van der Waals surface area contributed by atoms with E-state index in [1.54, 1.807) is 6.26 Å². The molecule has 2 aromatic heterocycles. The fourth-order valence-corrected chi connectivity index (χ4v) is 3.39. The van der Waals surface area contributed by atoms with Crippen LogP contribution < -0.4 is 5.32 Å². The number of rotatable bonds is 5. The predicted molar refractivity (Wildman–Crippen MR) is 77.1 cm³/mol. The molecule has 2 heterocycles. The molecule has 0 aliphatic carbocycles. The van der Waals surface area contributed by atoms with Crippen molar-refractivity contribution in [3.05, 3.63) is 45.5 Å². The Morgan fingerprint density at radius 3 is 2.67 bits per heavy atom. The highest BCUT2D eigenvalue weighted by Gasteiger charge is 2.18. The summed E-state index contributed by atoms with van der Waals surface area (Å²) in [5.41, 5.74) is 1.41. The molecular formula is C15H21NOS. The number of nitrogens with one attached hydrogen (secondary N) is 1. The van der Waals surface area contributed by atoms with Gasteiger partial charge in [-0.05, 0) is 51.0 Å². The van der Waals surface area contributed by atoms with Gasteiger partial charge >= 0.3 is 0 Å². The Morgan fingerprint density at radius 2 is 2.17 bits per heavy atom. The van der Waals surface area contributed by atoms with E-state index >= 15 is 0 Å². The standard InChI is InChI=1S/C15H21NOS/c1-5-14(15-7-6-8-17-15)16-11(3)13-9-10(2)18-12(13)4/h6-9,11,14,16H,5H2,1-4H3. The molecule has 0 amide bonds. The Labute approximate surface area is 113 Å². The van der Waals surface area contributed by atoms with Crippen molar-refractivity contribution >= 4 is 11.3 Å². The Bertz CT molecular complexity index is 487. The maximum absolute atomic E-state index is 5.50. The van der Waals surface area contributed by atoms with Gasteiger partial charge in [0.25, 0.3) is 0 Å². The molecule has 0 aliphatic heterocycles. The van der Waals surface area contributed by atoms with Crippen LogP contribution in [0.3, 0.4) is 0 Å². The third-order valence-corrected chi connectivity index (χ3v) is 4.27. The topological polar surface area (TPSA) is 25.2 Å². The van der Waals surface area contributed by atoms with Gasteiger partial charge in [0.1, 0.15) is 5.76 Å². The minimum Gasteiger partial charge on any atom is -0.468 e. The fraction of sp³-hybridized carbons (Fsp3) is 0.467. The van der Waals surface area contributed by atoms with E-state index < -0.39 is 0 Å². The van der Waals surface area contributed by atoms with Gasteiger partial charge < -0.3 is 9.73 Å². The maximum Gasteiger partial charge on any atom is 0.120 e. The van der Waals surface area contributed by atoms with Crippen LogP contribution in [-0.2, 0) is 0 Å². The average Bonchev–Trinajstić information content (AvgIpc) is 2.95. The van der Waals surface area contributed by atoms with Gasteiger partial charge in [-0.1, -0.05) is 6.92 Å². The molecule has 98 valence electrons. The van der Waals surface area contributed by atoms with E-state index in [0.29, 0.717) is 6.04 Å². The lowest BCUT2D eigenvalue weighted by atomic mass is 10.1. The van der Waals surface area contributed by atoms with E-state index in [-0.39, 0.29) is 6.04 Å². The van der Waals surface area contributed by atoms with E-state index in [4.69, 9.17) is 4.42 Å². The van der Waals surface area contributed by atoms with Crippen molar-refractivity contribution in [1.82, 2.24) is 5.32 Å². The molecule has 2 rings (SSSR count). The van der Waals surface area contributed by atoms with Crippen molar-refractivity contribution in [2.45, 2.75) is 46.2 Å². The van der Waals surface area contributed by atoms with Crippen molar-refractivity contribution < 1.29 is 4.42 Å². The molecule has 0 aliphatic rings. The summed E-state index contributed by atoms with van der Waals surface area (Å²) < 4.78 is 5.50. The minimum atomic E-state index is 0.287. The van der Waals surface area contributed by atoms with Crippen LogP contribution in [0.4, 0.5) is 0 Å². The lowest BCUT2D eigenvalue weighted by molar-refractivity contribution is 0.376. The summed E-state index contributed by atoms with van der Waals surface area (Å²) >= 11 is 1.87. The summed E-state index contributed by atoms with van der Waals surface area (Å²) in [6.07, 6.45) is 2.77. The van der Waals surface area contributed by atoms with Crippen molar-refractivity contribution in [2.75, 3.05) is 0 Å². The second-order valence-corrected chi connectivity index (χ2v) is 6.19. The first kappa shape index (κ1) is 13.4. The summed E-state index contributed by atoms with van der Waals surface area (Å²) in [4.78, 5) is 2.78. The fourth-order valence-electron chi connectivity index (χ4n) is 2.36. The Morgan fingerprint density at radius 1 is 1.39 bits per heavy atom. The van der Waals surface area contributed by atoms with Crippen LogP contribution >= 0.6 is 11.3 Å². The summed E-state index contributed by atoms with van der Waals surface area (Å²) in [7, 11) is 0. The summed E-state index contributed by atoms with van der Waals surface area (Å²) in [6, 6.07) is 6.91. The van der Waals surface area contributed by atoms with Crippen LogP contribution in [0.15, 0.2) is 28.9 Å². The molecule has 0 aromatic carbocycles. The smallest absolute Gasteiger partial charge is 0.120 e. The molecule has 18 heavy (non-hydrogen) atoms. The average molecular weight is 263 g/mol. The van der Waals surface area contributed by atoms with Gasteiger partial charge in [0, 0.05) is 15.8 Å². The quantitative estimate of drug-likeness (QED) is 0.841. The van der Waals surface area contributed by atoms with Crippen LogP contribution in [0, 0.1) is 13.8 Å². The van der Waals surface area contributed by atoms with Crippen LogP contribution in [0.1, 0.15) is 53.4 Å². The zero-order chi connectivity index (χ0) is 13.1. The first-order valence-corrected chi connectivity index (χ1v) is 7.29. The van der Waals surface area contributed by atoms with Gasteiger partial charge in [0.2, 0.25) is 0 Å². The number of hydrogen-bond donors (Lipinski definition) is 1. The molecule has 0 radical (unpaired) electrons. The molecule has 0 spiro atoms. The van der Waals surface area contributed by atoms with Crippen LogP contribution in [0.5, 0.6) is 0 Å². The van der Waals surface area contributed by atoms with E-state index in [1.807, 2.05) is 23.5 Å². The first-order chi connectivity index (χ1) is 8.61. The van der Waals surface area contributed by atoms with Crippen LogP contribution in [0.2, 0.25) is 0 Å². The van der Waals surface area contributed by atoms with Crippen molar-refractivity contribution in [1.29, 1.82) is 0 Å². The van der Waals surface area contributed by atoms with E-state index in [2.05, 4.69) is 39.1 Å². The number of furan rings is 1. The molecule has 2 nitrogen and oxygen atoms in total. The molecule has 2 unspecified atom stereocenters. The van der Waals surface area contributed by atoms with Gasteiger partial charge in [-0.15, -0.1) is 11.3 Å². The molecular weight excluding hydrogens is 242 g/mol. The van der Waals surface area contributed by atoms with Gasteiger partial charge in [-0.25, -0.2) is 0 Å². The largest absolute Gasteiger partial charge is 0.468 e. The van der Waals surface area contributed by atoms with Crippen LogP contribution in [0.25, 0.3) is 0 Å². The molecule has 0 saturated heterocycles. The monoisotopic (exact) mass is 263 g/mol. The predicted octanol–water partition coefficient (Wildman–Crippen LogP) is 4.76. The Hall–Kier alpha value is -1.06. The highest BCUT2D eigenvalue weighted by Crippen LogP contribution is 2.29. The SMILES string of the molecule is CCC(NC(C)c1cc(C)sc1C)c1ccco1. The zero-order valence-corrected chi connectivity index (χ0v) is 12.3. The van der Waals surface area contributed by atoms with Gasteiger partial charge in [-0.3, -0.25) is 0 Å². The van der Waals surface area contributed by atoms with Gasteiger partial charge in [0.15, 0.2) is 0 Å². The summed E-state index contributed by atoms with van der Waals surface area (Å²) in [6.45, 7) is 8.76. The zero-order valence-electron chi connectivity index (χ0n) is 11.5. The van der Waals surface area contributed by atoms with E-state index in [0.717, 1.165) is 12.2 Å². The van der Waals surface area contributed by atoms with Crippen molar-refractivity contribution in [3.8, 4) is 0 Å². The van der Waals surface area contributed by atoms with Crippen molar-refractivity contribution in [3.63, 3.8) is 0 Å². The molecule has 0 fully saturated rings. The van der Waals surface area contributed by atoms with E-state index in [9.17, 15) is 0 Å². The van der Waals surface area contributed by atoms with Gasteiger partial charge in [0.05, 0.1) is 12.3 Å². The molecule has 2 atom stereocenters. The third-order valence-electron chi connectivity index (χ3n) is 3.29. The van der Waals surface area contributed by atoms with Crippen LogP contribution in [-0.4, -0.2) is 0 Å². The maximum atomic E-state index is 5.50. The normalized spacial score (nSPS) is 14.7. The molecule has 2 aromatic rings. The summed E-state index contributed by atoms with van der Waals surface area (Å²) in [5, 5.41) is 3.65. The highest BCUT2D eigenvalue weighted by atomic mass is 32.1. The molecule has 0 saturated carbocycles. The Balaban J connectivity index is 2.10. The highest BCUT2D eigenvalue weighted by molar-refractivity contribution is 7.12.